The number of rotatable bonds is 49. The van der Waals surface area contributed by atoms with Crippen LogP contribution in [0.15, 0.2) is 134 Å². The molecule has 6 heteroatoms. The second kappa shape index (κ2) is 57.1. The quantitative estimate of drug-likeness (QED) is 0.0199. The zero-order valence-electron chi connectivity index (χ0n) is 45.0. The molecule has 0 saturated carbocycles. The zero-order chi connectivity index (χ0) is 50.7. The normalized spacial score (nSPS) is 13.1. The standard InChI is InChI=1S/C64H102O6/c1-4-7-10-13-16-19-22-25-28-30-32-34-36-39-42-45-48-51-54-57-63(66)69-60-61(59-68-62(65)56-53-50-47-44-41-38-27-24-21-18-15-12-9-6-3)70-64(67)58-55-52-49-46-43-40-37-35-33-31-29-26-23-20-17-14-11-8-5-2/h7,9-10,12-13,16-23,25-26,28,30,32,34,36,39,42,61H,4-6,8,11,14-15,24,27,29,31,33,35,37-38,40-41,43-60H2,1-3H3/b10-7-,12-9-,16-13-,20-17-,21-18-,22-19-,26-23-,28-25-,32-30+,36-34-,42-39-. The van der Waals surface area contributed by atoms with Crippen molar-refractivity contribution in [3.8, 4) is 0 Å². The molecule has 0 saturated heterocycles. The fraction of sp³-hybridized carbons (Fsp3) is 0.609. The van der Waals surface area contributed by atoms with Crippen molar-refractivity contribution in [2.24, 2.45) is 0 Å². The predicted octanol–water partition coefficient (Wildman–Crippen LogP) is 19.0. The van der Waals surface area contributed by atoms with E-state index in [9.17, 15) is 14.4 Å². The van der Waals surface area contributed by atoms with Gasteiger partial charge in [-0.25, -0.2) is 0 Å². The largest absolute Gasteiger partial charge is 0.462 e. The molecular formula is C64H102O6. The molecule has 0 aromatic heterocycles. The number of allylic oxidation sites excluding steroid dienone is 22. The Balaban J connectivity index is 4.51. The van der Waals surface area contributed by atoms with E-state index in [1.54, 1.807) is 0 Å². The number of hydrogen-bond donors (Lipinski definition) is 0. The summed E-state index contributed by atoms with van der Waals surface area (Å²) >= 11 is 0. The summed E-state index contributed by atoms with van der Waals surface area (Å²) in [4.78, 5) is 38.2. The van der Waals surface area contributed by atoms with E-state index in [1.165, 1.54) is 103 Å². The van der Waals surface area contributed by atoms with Gasteiger partial charge in [0, 0.05) is 19.3 Å². The number of unbranched alkanes of at least 4 members (excludes halogenated alkanes) is 23. The van der Waals surface area contributed by atoms with Crippen LogP contribution in [0.1, 0.15) is 233 Å². The van der Waals surface area contributed by atoms with Crippen LogP contribution < -0.4 is 0 Å². The molecular weight excluding hydrogens is 865 g/mol. The van der Waals surface area contributed by atoms with Crippen molar-refractivity contribution in [3.63, 3.8) is 0 Å². The Bertz CT molecular complexity index is 1530. The van der Waals surface area contributed by atoms with Gasteiger partial charge in [0.2, 0.25) is 0 Å². The molecule has 394 valence electrons. The van der Waals surface area contributed by atoms with E-state index >= 15 is 0 Å². The van der Waals surface area contributed by atoms with Crippen LogP contribution in [0.5, 0.6) is 0 Å². The van der Waals surface area contributed by atoms with Gasteiger partial charge in [-0.2, -0.15) is 0 Å². The molecule has 0 aliphatic heterocycles. The van der Waals surface area contributed by atoms with Crippen LogP contribution in [-0.2, 0) is 28.6 Å². The zero-order valence-corrected chi connectivity index (χ0v) is 45.0. The van der Waals surface area contributed by atoms with E-state index in [2.05, 4.69) is 81.5 Å². The Hall–Kier alpha value is -4.45. The third kappa shape index (κ3) is 54.5. The average Bonchev–Trinajstić information content (AvgIpc) is 3.36. The Morgan fingerprint density at radius 1 is 0.314 bits per heavy atom. The summed E-state index contributed by atoms with van der Waals surface area (Å²) in [6.07, 6.45) is 80.0. The van der Waals surface area contributed by atoms with Crippen molar-refractivity contribution in [1.82, 2.24) is 0 Å². The van der Waals surface area contributed by atoms with Crippen molar-refractivity contribution >= 4 is 17.9 Å². The van der Waals surface area contributed by atoms with Gasteiger partial charge in [0.1, 0.15) is 13.2 Å². The van der Waals surface area contributed by atoms with Crippen LogP contribution in [0, 0.1) is 0 Å². The molecule has 0 spiro atoms. The smallest absolute Gasteiger partial charge is 0.306 e. The van der Waals surface area contributed by atoms with Crippen LogP contribution in [0.25, 0.3) is 0 Å². The maximum atomic E-state index is 12.9. The Morgan fingerprint density at radius 2 is 0.629 bits per heavy atom. The summed E-state index contributed by atoms with van der Waals surface area (Å²) in [7, 11) is 0. The molecule has 0 aromatic carbocycles. The Labute approximate surface area is 430 Å². The van der Waals surface area contributed by atoms with E-state index in [0.29, 0.717) is 19.3 Å². The fourth-order valence-corrected chi connectivity index (χ4v) is 7.39. The highest BCUT2D eigenvalue weighted by atomic mass is 16.6. The van der Waals surface area contributed by atoms with Crippen LogP contribution >= 0.6 is 0 Å². The van der Waals surface area contributed by atoms with Crippen LogP contribution in [0.3, 0.4) is 0 Å². The first-order valence-corrected chi connectivity index (χ1v) is 28.3. The first-order valence-electron chi connectivity index (χ1n) is 28.3. The second-order valence-corrected chi connectivity index (χ2v) is 18.3. The third-order valence-electron chi connectivity index (χ3n) is 11.6. The summed E-state index contributed by atoms with van der Waals surface area (Å²) in [5.41, 5.74) is 0. The minimum absolute atomic E-state index is 0.103. The van der Waals surface area contributed by atoms with Gasteiger partial charge in [-0.1, -0.05) is 257 Å². The molecule has 0 heterocycles. The maximum Gasteiger partial charge on any atom is 0.306 e. The summed E-state index contributed by atoms with van der Waals surface area (Å²) in [6, 6.07) is 0. The number of carbonyl (C=O) groups excluding carboxylic acids is 3. The highest BCUT2D eigenvalue weighted by molar-refractivity contribution is 5.71. The van der Waals surface area contributed by atoms with E-state index in [0.717, 1.165) is 89.9 Å². The molecule has 0 aromatic rings. The lowest BCUT2D eigenvalue weighted by Gasteiger charge is -2.18. The molecule has 0 N–H and O–H groups in total. The number of ether oxygens (including phenoxy) is 3. The molecule has 0 bridgehead atoms. The van der Waals surface area contributed by atoms with Gasteiger partial charge in [-0.15, -0.1) is 0 Å². The Morgan fingerprint density at radius 3 is 1.06 bits per heavy atom. The molecule has 0 amide bonds. The number of carbonyl (C=O) groups is 3. The molecule has 0 aliphatic rings. The van der Waals surface area contributed by atoms with Gasteiger partial charge in [-0.3, -0.25) is 14.4 Å². The summed E-state index contributed by atoms with van der Waals surface area (Å²) in [5.74, 6) is -0.964. The van der Waals surface area contributed by atoms with Crippen molar-refractivity contribution in [2.75, 3.05) is 13.2 Å². The predicted molar refractivity (Wildman–Crippen MR) is 302 cm³/mol. The molecule has 0 rings (SSSR count). The molecule has 0 radical (unpaired) electrons. The molecule has 0 fully saturated rings. The lowest BCUT2D eigenvalue weighted by atomic mass is 10.1. The van der Waals surface area contributed by atoms with E-state index in [1.807, 2.05) is 72.9 Å². The van der Waals surface area contributed by atoms with Gasteiger partial charge < -0.3 is 14.2 Å². The molecule has 6 nitrogen and oxygen atoms in total. The monoisotopic (exact) mass is 967 g/mol. The lowest BCUT2D eigenvalue weighted by molar-refractivity contribution is -0.167. The average molecular weight is 968 g/mol. The van der Waals surface area contributed by atoms with Crippen LogP contribution in [0.4, 0.5) is 0 Å². The van der Waals surface area contributed by atoms with E-state index < -0.39 is 6.10 Å². The molecule has 70 heavy (non-hydrogen) atoms. The first kappa shape index (κ1) is 65.5. The van der Waals surface area contributed by atoms with E-state index in [-0.39, 0.29) is 31.1 Å². The van der Waals surface area contributed by atoms with Crippen molar-refractivity contribution in [1.29, 1.82) is 0 Å². The molecule has 0 aliphatic carbocycles. The highest BCUT2D eigenvalue weighted by Crippen LogP contribution is 2.15. The first-order chi connectivity index (χ1) is 34.5. The van der Waals surface area contributed by atoms with Crippen LogP contribution in [-0.4, -0.2) is 37.2 Å². The fourth-order valence-electron chi connectivity index (χ4n) is 7.39. The number of esters is 3. The molecule has 1 unspecified atom stereocenters. The Kier molecular flexibility index (Phi) is 53.5. The van der Waals surface area contributed by atoms with Gasteiger partial charge in [-0.05, 0) is 89.9 Å². The number of hydrogen-bond acceptors (Lipinski definition) is 6. The highest BCUT2D eigenvalue weighted by Gasteiger charge is 2.19. The minimum Gasteiger partial charge on any atom is -0.462 e. The summed E-state index contributed by atoms with van der Waals surface area (Å²) in [5, 5.41) is 0. The SMILES string of the molecule is CC\C=C/C=C\C=C/C=C\C=C\C=C/C=C\CCCCCC(=O)OCC(COC(=O)CCCCCCCCC/C=C\C/C=C\CC)OC(=O)CCCCCCCCCCCC/C=C\C=C/CCCCC. The van der Waals surface area contributed by atoms with Crippen molar-refractivity contribution in [3.05, 3.63) is 134 Å². The van der Waals surface area contributed by atoms with Crippen molar-refractivity contribution in [2.45, 2.75) is 239 Å². The van der Waals surface area contributed by atoms with Gasteiger partial charge in [0.15, 0.2) is 6.10 Å². The second-order valence-electron chi connectivity index (χ2n) is 18.3. The van der Waals surface area contributed by atoms with Gasteiger partial charge in [0.05, 0.1) is 0 Å². The van der Waals surface area contributed by atoms with E-state index in [4.69, 9.17) is 14.2 Å². The van der Waals surface area contributed by atoms with Gasteiger partial charge >= 0.3 is 17.9 Å². The summed E-state index contributed by atoms with van der Waals surface area (Å²) < 4.78 is 16.8. The topological polar surface area (TPSA) is 78.9 Å². The third-order valence-corrected chi connectivity index (χ3v) is 11.6. The van der Waals surface area contributed by atoms with Crippen LogP contribution in [0.2, 0.25) is 0 Å². The van der Waals surface area contributed by atoms with Gasteiger partial charge in [0.25, 0.3) is 0 Å². The van der Waals surface area contributed by atoms with Crippen molar-refractivity contribution < 1.29 is 28.6 Å². The maximum absolute atomic E-state index is 12.9. The summed E-state index contributed by atoms with van der Waals surface area (Å²) in [6.45, 7) is 6.31. The minimum atomic E-state index is -0.808. The lowest BCUT2D eigenvalue weighted by Crippen LogP contribution is -2.30. The molecule has 1 atom stereocenters.